The van der Waals surface area contributed by atoms with Crippen molar-refractivity contribution in [2.24, 2.45) is 0 Å². The molecule has 4 atom stereocenters. The van der Waals surface area contributed by atoms with Gasteiger partial charge in [-0.1, -0.05) is 13.0 Å². The van der Waals surface area contributed by atoms with Gasteiger partial charge in [0.25, 0.3) is 0 Å². The number of ether oxygens (including phenoxy) is 3. The third-order valence-electron chi connectivity index (χ3n) is 6.32. The molecule has 1 fully saturated rings. The molecule has 0 aromatic heterocycles. The molecule has 2 aliphatic heterocycles. The first-order valence-corrected chi connectivity index (χ1v) is 8.92. The number of phenols is 1. The Morgan fingerprint density at radius 1 is 1.24 bits per heavy atom. The molecule has 0 saturated carbocycles. The van der Waals surface area contributed by atoms with E-state index in [1.807, 2.05) is 25.3 Å². The Hall–Kier alpha value is -1.60. The number of rotatable bonds is 2. The Kier molecular flexibility index (Phi) is 3.11. The molecule has 6 nitrogen and oxygen atoms in total. The number of benzene rings is 1. The molecular weight excluding hydrogens is 322 g/mol. The number of nitrogens with zero attached hydrogens (tertiary/aromatic N) is 1. The Morgan fingerprint density at radius 3 is 2.72 bits per heavy atom. The lowest BCUT2D eigenvalue weighted by atomic mass is 9.63. The second-order valence-corrected chi connectivity index (χ2v) is 7.43. The smallest absolute Gasteiger partial charge is 0.227 e. The molecule has 1 aromatic rings. The quantitative estimate of drug-likeness (QED) is 0.784. The van der Waals surface area contributed by atoms with Crippen molar-refractivity contribution >= 4 is 0 Å². The average molecular weight is 345 g/mol. The van der Waals surface area contributed by atoms with Gasteiger partial charge in [-0.2, -0.15) is 0 Å². The van der Waals surface area contributed by atoms with Crippen LogP contribution in [0.3, 0.4) is 0 Å². The summed E-state index contributed by atoms with van der Waals surface area (Å²) in [5.74, 6) is -0.760. The first kappa shape index (κ1) is 15.6. The minimum atomic E-state index is -1.10. The van der Waals surface area contributed by atoms with Gasteiger partial charge in [-0.25, -0.2) is 0 Å². The van der Waals surface area contributed by atoms with Crippen LogP contribution in [0.25, 0.3) is 0 Å². The summed E-state index contributed by atoms with van der Waals surface area (Å²) in [6, 6.07) is 3.54. The van der Waals surface area contributed by atoms with Crippen molar-refractivity contribution in [3.8, 4) is 11.5 Å². The molecule has 1 saturated heterocycles. The third-order valence-corrected chi connectivity index (χ3v) is 6.32. The molecule has 2 N–H and O–H groups in total. The monoisotopic (exact) mass is 345 g/mol. The Balaban J connectivity index is 1.74. The predicted octanol–water partition coefficient (Wildman–Crippen LogP) is 1.16. The summed E-state index contributed by atoms with van der Waals surface area (Å²) in [5.41, 5.74) is 0.914. The number of aromatic hydroxyl groups is 1. The van der Waals surface area contributed by atoms with Gasteiger partial charge < -0.3 is 29.3 Å². The number of hydrogen-bond acceptors (Lipinski definition) is 6. The number of aliphatic hydroxyl groups is 1. The molecule has 134 valence electrons. The van der Waals surface area contributed by atoms with Crippen LogP contribution in [0.1, 0.15) is 24.0 Å². The van der Waals surface area contributed by atoms with Crippen molar-refractivity contribution in [3.05, 3.63) is 35.4 Å². The molecule has 0 amide bonds. The predicted molar refractivity (Wildman–Crippen MR) is 89.8 cm³/mol. The minimum Gasteiger partial charge on any atom is -0.504 e. The van der Waals surface area contributed by atoms with Crippen LogP contribution in [0.5, 0.6) is 11.5 Å². The third kappa shape index (κ3) is 1.83. The number of phenolic OH excluding ortho intramolecular Hbond substituents is 1. The fourth-order valence-corrected chi connectivity index (χ4v) is 4.98. The highest BCUT2D eigenvalue weighted by atomic mass is 16.8. The standard InChI is InChI=1S/C19H23NO5/c1-3-20(2)13-10-11-4-5-12(21)16-14(11)15-17(25-16)19(23-8-9-24-19)7-6-18(13,15)22/h4-7,13,15,17,21-22H,3,8-10H2,1-2H3. The molecule has 4 aliphatic rings. The zero-order chi connectivity index (χ0) is 17.4. The maximum absolute atomic E-state index is 11.7. The summed E-state index contributed by atoms with van der Waals surface area (Å²) < 4.78 is 18.0. The van der Waals surface area contributed by atoms with E-state index in [1.54, 1.807) is 6.07 Å². The molecule has 2 aliphatic carbocycles. The molecule has 25 heavy (non-hydrogen) atoms. The fourth-order valence-electron chi connectivity index (χ4n) is 4.98. The maximum atomic E-state index is 11.7. The Labute approximate surface area is 146 Å². The largest absolute Gasteiger partial charge is 0.504 e. The van der Waals surface area contributed by atoms with E-state index < -0.39 is 17.5 Å². The summed E-state index contributed by atoms with van der Waals surface area (Å²) in [6.07, 6.45) is 3.84. The Morgan fingerprint density at radius 2 is 2.00 bits per heavy atom. The van der Waals surface area contributed by atoms with Gasteiger partial charge in [-0.15, -0.1) is 0 Å². The Bertz CT molecular complexity index is 756. The SMILES string of the molecule is CCN(C)C1Cc2ccc(O)c3c2C2C(O3)C3(C=CC21O)OCCO3. The van der Waals surface area contributed by atoms with Crippen LogP contribution in [-0.2, 0) is 15.9 Å². The van der Waals surface area contributed by atoms with E-state index in [-0.39, 0.29) is 17.7 Å². The van der Waals surface area contributed by atoms with Gasteiger partial charge in [0.15, 0.2) is 17.6 Å². The van der Waals surface area contributed by atoms with Crippen LogP contribution in [0.15, 0.2) is 24.3 Å². The molecule has 1 spiro atoms. The van der Waals surface area contributed by atoms with Crippen molar-refractivity contribution in [2.75, 3.05) is 26.8 Å². The zero-order valence-corrected chi connectivity index (χ0v) is 14.4. The first-order valence-electron chi connectivity index (χ1n) is 8.92. The second kappa shape index (κ2) is 4.98. The van der Waals surface area contributed by atoms with E-state index in [4.69, 9.17) is 14.2 Å². The van der Waals surface area contributed by atoms with Crippen LogP contribution in [0, 0.1) is 0 Å². The van der Waals surface area contributed by atoms with E-state index >= 15 is 0 Å². The van der Waals surface area contributed by atoms with Crippen molar-refractivity contribution in [1.82, 2.24) is 4.90 Å². The highest BCUT2D eigenvalue weighted by Crippen LogP contribution is 2.60. The molecule has 0 bridgehead atoms. The van der Waals surface area contributed by atoms with Crippen molar-refractivity contribution in [3.63, 3.8) is 0 Å². The van der Waals surface area contributed by atoms with E-state index in [9.17, 15) is 10.2 Å². The van der Waals surface area contributed by atoms with Crippen LogP contribution in [0.4, 0.5) is 0 Å². The lowest BCUT2D eigenvalue weighted by molar-refractivity contribution is -0.203. The van der Waals surface area contributed by atoms with Crippen LogP contribution in [0.2, 0.25) is 0 Å². The van der Waals surface area contributed by atoms with Crippen molar-refractivity contribution in [2.45, 2.75) is 42.8 Å². The molecule has 4 unspecified atom stereocenters. The van der Waals surface area contributed by atoms with Crippen molar-refractivity contribution in [1.29, 1.82) is 0 Å². The van der Waals surface area contributed by atoms with E-state index in [0.717, 1.165) is 17.7 Å². The van der Waals surface area contributed by atoms with E-state index in [2.05, 4.69) is 11.8 Å². The molecular formula is C19H23NO5. The van der Waals surface area contributed by atoms with Gasteiger partial charge in [0.05, 0.1) is 19.1 Å². The first-order chi connectivity index (χ1) is 12.0. The second-order valence-electron chi connectivity index (χ2n) is 7.43. The minimum absolute atomic E-state index is 0.0772. The fraction of sp³-hybridized carbons (Fsp3) is 0.579. The molecule has 1 aromatic carbocycles. The number of likely N-dealkylation sites (N-methyl/N-ethyl adjacent to an activating group) is 1. The van der Waals surface area contributed by atoms with Gasteiger partial charge >= 0.3 is 0 Å². The summed E-state index contributed by atoms with van der Waals surface area (Å²) in [4.78, 5) is 2.17. The maximum Gasteiger partial charge on any atom is 0.227 e. The van der Waals surface area contributed by atoms with Gasteiger partial charge in [0.2, 0.25) is 5.79 Å². The average Bonchev–Trinajstić information content (AvgIpc) is 3.24. The highest BCUT2D eigenvalue weighted by molar-refractivity contribution is 5.60. The van der Waals surface area contributed by atoms with Crippen LogP contribution >= 0.6 is 0 Å². The van der Waals surface area contributed by atoms with Gasteiger partial charge in [-0.05, 0) is 43.8 Å². The van der Waals surface area contributed by atoms with Crippen LogP contribution < -0.4 is 4.74 Å². The van der Waals surface area contributed by atoms with Crippen molar-refractivity contribution < 1.29 is 24.4 Å². The summed E-state index contributed by atoms with van der Waals surface area (Å²) in [6.45, 7) is 3.89. The summed E-state index contributed by atoms with van der Waals surface area (Å²) in [7, 11) is 2.03. The molecule has 6 heteroatoms. The topological polar surface area (TPSA) is 71.4 Å². The summed E-state index contributed by atoms with van der Waals surface area (Å²) >= 11 is 0. The number of fused-ring (bicyclic) bond motifs is 1. The van der Waals surface area contributed by atoms with Gasteiger partial charge in [0, 0.05) is 11.6 Å². The van der Waals surface area contributed by atoms with Crippen LogP contribution in [-0.4, -0.2) is 65.5 Å². The molecule has 2 heterocycles. The normalized spacial score (nSPS) is 36.7. The van der Waals surface area contributed by atoms with Gasteiger partial charge in [-0.3, -0.25) is 0 Å². The molecule has 5 rings (SSSR count). The highest BCUT2D eigenvalue weighted by Gasteiger charge is 2.65. The lowest BCUT2D eigenvalue weighted by Crippen LogP contribution is -2.64. The summed E-state index contributed by atoms with van der Waals surface area (Å²) in [5, 5.41) is 22.1. The van der Waals surface area contributed by atoms with Gasteiger partial charge in [0.1, 0.15) is 5.60 Å². The molecule has 0 radical (unpaired) electrons. The van der Waals surface area contributed by atoms with E-state index in [1.165, 1.54) is 0 Å². The zero-order valence-electron chi connectivity index (χ0n) is 14.4. The number of hydrogen-bond donors (Lipinski definition) is 2. The van der Waals surface area contributed by atoms with E-state index in [0.29, 0.717) is 25.4 Å². The lowest BCUT2D eigenvalue weighted by Gasteiger charge is -2.51.